The second-order valence-corrected chi connectivity index (χ2v) is 5.74. The van der Waals surface area contributed by atoms with Crippen LogP contribution in [0.4, 0.5) is 5.69 Å². The van der Waals surface area contributed by atoms with Crippen molar-refractivity contribution < 1.29 is 9.53 Å². The number of anilines is 1. The maximum Gasteiger partial charge on any atom is 0.224 e. The van der Waals surface area contributed by atoms with Crippen LogP contribution in [0.1, 0.15) is 44.1 Å². The summed E-state index contributed by atoms with van der Waals surface area (Å²) in [5.41, 5.74) is 7.43. The van der Waals surface area contributed by atoms with E-state index in [4.69, 9.17) is 10.5 Å². The topological polar surface area (TPSA) is 64.3 Å². The Morgan fingerprint density at radius 2 is 2.05 bits per heavy atom. The molecule has 0 bridgehead atoms. The third kappa shape index (κ3) is 5.48. The van der Waals surface area contributed by atoms with Crippen molar-refractivity contribution in [2.45, 2.75) is 45.1 Å². The zero-order valence-corrected chi connectivity index (χ0v) is 12.6. The number of nitrogens with two attached hydrogens (primary N) is 1. The van der Waals surface area contributed by atoms with Crippen LogP contribution in [0.25, 0.3) is 0 Å². The SMILES string of the molecule is NCc1ccccc1NC(=O)CCCOCC1CCCC1. The molecule has 4 heteroatoms. The quantitative estimate of drug-likeness (QED) is 0.723. The molecule has 0 aliphatic heterocycles. The van der Waals surface area contributed by atoms with Crippen molar-refractivity contribution in [3.05, 3.63) is 29.8 Å². The van der Waals surface area contributed by atoms with Crippen LogP contribution in [-0.4, -0.2) is 19.1 Å². The molecule has 4 nitrogen and oxygen atoms in total. The van der Waals surface area contributed by atoms with Crippen molar-refractivity contribution in [3.8, 4) is 0 Å². The Bertz CT molecular complexity index is 442. The number of para-hydroxylation sites is 1. The van der Waals surface area contributed by atoms with Gasteiger partial charge in [0.25, 0.3) is 0 Å². The van der Waals surface area contributed by atoms with E-state index in [1.165, 1.54) is 25.7 Å². The van der Waals surface area contributed by atoms with Crippen LogP contribution in [0, 0.1) is 5.92 Å². The minimum absolute atomic E-state index is 0.0281. The number of carbonyl (C=O) groups is 1. The summed E-state index contributed by atoms with van der Waals surface area (Å²) in [6, 6.07) is 7.64. The van der Waals surface area contributed by atoms with Gasteiger partial charge in [-0.05, 0) is 36.8 Å². The fraction of sp³-hybridized carbons (Fsp3) is 0.588. The molecule has 1 fully saturated rings. The van der Waals surface area contributed by atoms with Crippen LogP contribution in [0.5, 0.6) is 0 Å². The first kappa shape index (κ1) is 16.0. The lowest BCUT2D eigenvalue weighted by Gasteiger charge is -2.11. The molecule has 0 radical (unpaired) electrons. The van der Waals surface area contributed by atoms with Gasteiger partial charge in [-0.25, -0.2) is 0 Å². The van der Waals surface area contributed by atoms with E-state index in [1.807, 2.05) is 24.3 Å². The molecule has 2 rings (SSSR count). The maximum atomic E-state index is 11.9. The number of benzene rings is 1. The summed E-state index contributed by atoms with van der Waals surface area (Å²) in [6.07, 6.45) is 6.55. The second kappa shape index (κ2) is 8.80. The molecule has 0 heterocycles. The summed E-state index contributed by atoms with van der Waals surface area (Å²) in [5, 5.41) is 2.92. The summed E-state index contributed by atoms with van der Waals surface area (Å²) in [4.78, 5) is 11.9. The van der Waals surface area contributed by atoms with E-state index in [9.17, 15) is 4.79 Å². The Labute approximate surface area is 127 Å². The van der Waals surface area contributed by atoms with Gasteiger partial charge in [0.05, 0.1) is 0 Å². The molecule has 0 spiro atoms. The van der Waals surface area contributed by atoms with Gasteiger partial charge in [-0.1, -0.05) is 31.0 Å². The Hall–Kier alpha value is -1.39. The summed E-state index contributed by atoms with van der Waals surface area (Å²) >= 11 is 0. The van der Waals surface area contributed by atoms with Gasteiger partial charge in [-0.15, -0.1) is 0 Å². The number of carbonyl (C=O) groups excluding carboxylic acids is 1. The minimum atomic E-state index is 0.0281. The molecule has 3 N–H and O–H groups in total. The van der Waals surface area contributed by atoms with E-state index in [1.54, 1.807) is 0 Å². The third-order valence-electron chi connectivity index (χ3n) is 4.03. The number of hydrogen-bond acceptors (Lipinski definition) is 3. The molecule has 1 saturated carbocycles. The largest absolute Gasteiger partial charge is 0.381 e. The highest BCUT2D eigenvalue weighted by Crippen LogP contribution is 2.24. The van der Waals surface area contributed by atoms with Crippen molar-refractivity contribution >= 4 is 11.6 Å². The predicted octanol–water partition coefficient (Wildman–Crippen LogP) is 3.07. The van der Waals surface area contributed by atoms with Crippen LogP contribution in [0.3, 0.4) is 0 Å². The molecule has 1 aliphatic rings. The highest BCUT2D eigenvalue weighted by Gasteiger charge is 2.14. The van der Waals surface area contributed by atoms with Gasteiger partial charge in [0.15, 0.2) is 0 Å². The summed E-state index contributed by atoms with van der Waals surface area (Å²) in [5.74, 6) is 0.774. The van der Waals surface area contributed by atoms with Crippen LogP contribution >= 0.6 is 0 Å². The monoisotopic (exact) mass is 290 g/mol. The lowest BCUT2D eigenvalue weighted by molar-refractivity contribution is -0.116. The smallest absolute Gasteiger partial charge is 0.224 e. The van der Waals surface area contributed by atoms with Crippen LogP contribution in [0.15, 0.2) is 24.3 Å². The highest BCUT2D eigenvalue weighted by molar-refractivity contribution is 5.91. The average molecular weight is 290 g/mol. The van der Waals surface area contributed by atoms with E-state index in [0.717, 1.165) is 30.2 Å². The minimum Gasteiger partial charge on any atom is -0.381 e. The standard InChI is InChI=1S/C17H26N2O2/c18-12-15-8-3-4-9-16(15)19-17(20)10-5-11-21-13-14-6-1-2-7-14/h3-4,8-9,14H,1-2,5-7,10-13,18H2,(H,19,20). The molecule has 1 aliphatic carbocycles. The van der Waals surface area contributed by atoms with E-state index >= 15 is 0 Å². The maximum absolute atomic E-state index is 11.9. The number of hydrogen-bond donors (Lipinski definition) is 2. The van der Waals surface area contributed by atoms with Crippen LogP contribution in [0.2, 0.25) is 0 Å². The summed E-state index contributed by atoms with van der Waals surface area (Å²) in [7, 11) is 0. The molecular formula is C17H26N2O2. The lowest BCUT2D eigenvalue weighted by Crippen LogP contribution is -2.15. The van der Waals surface area contributed by atoms with Crippen molar-refractivity contribution in [1.29, 1.82) is 0 Å². The number of ether oxygens (including phenoxy) is 1. The van der Waals surface area contributed by atoms with Gasteiger partial charge in [0, 0.05) is 31.9 Å². The fourth-order valence-corrected chi connectivity index (χ4v) is 2.79. The molecule has 0 atom stereocenters. The van der Waals surface area contributed by atoms with Crippen molar-refractivity contribution in [2.75, 3.05) is 18.5 Å². The van der Waals surface area contributed by atoms with Crippen molar-refractivity contribution in [3.63, 3.8) is 0 Å². The van der Waals surface area contributed by atoms with E-state index in [2.05, 4.69) is 5.32 Å². The average Bonchev–Trinajstić information content (AvgIpc) is 3.01. The van der Waals surface area contributed by atoms with Crippen molar-refractivity contribution in [1.82, 2.24) is 0 Å². The first-order chi connectivity index (χ1) is 10.3. The van der Waals surface area contributed by atoms with Gasteiger partial charge in [-0.3, -0.25) is 4.79 Å². The summed E-state index contributed by atoms with van der Waals surface area (Å²) < 4.78 is 5.66. The molecule has 0 saturated heterocycles. The van der Waals surface area contributed by atoms with Crippen molar-refractivity contribution in [2.24, 2.45) is 11.7 Å². The predicted molar refractivity (Wildman–Crippen MR) is 85.0 cm³/mol. The van der Waals surface area contributed by atoms with E-state index in [-0.39, 0.29) is 5.91 Å². The molecule has 1 aromatic carbocycles. The van der Waals surface area contributed by atoms with Gasteiger partial charge in [0.1, 0.15) is 0 Å². The van der Waals surface area contributed by atoms with Gasteiger partial charge < -0.3 is 15.8 Å². The molecule has 1 amide bonds. The normalized spacial score (nSPS) is 15.3. The third-order valence-corrected chi connectivity index (χ3v) is 4.03. The van der Waals surface area contributed by atoms with Crippen LogP contribution < -0.4 is 11.1 Å². The Morgan fingerprint density at radius 3 is 2.81 bits per heavy atom. The first-order valence-corrected chi connectivity index (χ1v) is 7.95. The van der Waals surface area contributed by atoms with E-state index in [0.29, 0.717) is 19.6 Å². The first-order valence-electron chi connectivity index (χ1n) is 7.95. The van der Waals surface area contributed by atoms with Crippen LogP contribution in [-0.2, 0) is 16.1 Å². The van der Waals surface area contributed by atoms with E-state index < -0.39 is 0 Å². The second-order valence-electron chi connectivity index (χ2n) is 5.74. The Morgan fingerprint density at radius 1 is 1.29 bits per heavy atom. The molecule has 1 aromatic rings. The van der Waals surface area contributed by atoms with Gasteiger partial charge >= 0.3 is 0 Å². The number of rotatable bonds is 8. The number of nitrogens with one attached hydrogen (secondary N) is 1. The molecule has 116 valence electrons. The Balaban J connectivity index is 1.61. The molecular weight excluding hydrogens is 264 g/mol. The zero-order valence-electron chi connectivity index (χ0n) is 12.6. The number of amides is 1. The highest BCUT2D eigenvalue weighted by atomic mass is 16.5. The zero-order chi connectivity index (χ0) is 14.9. The van der Waals surface area contributed by atoms with Gasteiger partial charge in [0.2, 0.25) is 5.91 Å². The Kier molecular flexibility index (Phi) is 6.70. The lowest BCUT2D eigenvalue weighted by atomic mass is 10.1. The molecule has 21 heavy (non-hydrogen) atoms. The molecule has 0 aromatic heterocycles. The fourth-order valence-electron chi connectivity index (χ4n) is 2.79. The van der Waals surface area contributed by atoms with Gasteiger partial charge in [-0.2, -0.15) is 0 Å². The molecule has 0 unspecified atom stereocenters. The summed E-state index contributed by atoms with van der Waals surface area (Å²) in [6.45, 7) is 1.96.